The van der Waals surface area contributed by atoms with Gasteiger partial charge >= 0.3 is 12.2 Å². The number of halogens is 4. The van der Waals surface area contributed by atoms with E-state index in [1.165, 1.54) is 4.90 Å². The maximum absolute atomic E-state index is 12.4. The molecule has 1 heterocycles. The Morgan fingerprint density at radius 1 is 1.42 bits per heavy atom. The number of rotatable bonds is 2. The molecular formula is C11H10ClF3N2O2. The van der Waals surface area contributed by atoms with E-state index in [4.69, 9.17) is 22.1 Å². The molecule has 1 aliphatic heterocycles. The third-order valence-corrected chi connectivity index (χ3v) is 3.01. The van der Waals surface area contributed by atoms with Crippen molar-refractivity contribution in [1.82, 2.24) is 4.90 Å². The molecule has 0 unspecified atom stereocenters. The number of hydrogen-bond acceptors (Lipinski definition) is 2. The minimum absolute atomic E-state index is 0.118. The predicted octanol–water partition coefficient (Wildman–Crippen LogP) is 2.50. The summed E-state index contributed by atoms with van der Waals surface area (Å²) in [6.07, 6.45) is -4.75. The molecule has 19 heavy (non-hydrogen) atoms. The van der Waals surface area contributed by atoms with Gasteiger partial charge in [0.05, 0.1) is 23.7 Å². The fraction of sp³-hybridized carbons (Fsp3) is 0.364. The lowest BCUT2D eigenvalue weighted by Crippen LogP contribution is -2.57. The fourth-order valence-electron chi connectivity index (χ4n) is 1.64. The van der Waals surface area contributed by atoms with Gasteiger partial charge in [-0.25, -0.2) is 4.79 Å². The maximum Gasteiger partial charge on any atom is 0.416 e. The Balaban J connectivity index is 2.01. The number of ether oxygens (including phenoxy) is 1. The summed E-state index contributed by atoms with van der Waals surface area (Å²) in [5.41, 5.74) is 4.20. The van der Waals surface area contributed by atoms with Crippen molar-refractivity contribution in [3.63, 3.8) is 0 Å². The number of primary amides is 1. The number of hydrogen-bond donors (Lipinski definition) is 1. The molecule has 0 saturated carbocycles. The first-order valence-corrected chi connectivity index (χ1v) is 5.73. The van der Waals surface area contributed by atoms with Crippen molar-refractivity contribution >= 4 is 17.6 Å². The largest absolute Gasteiger partial charge is 0.485 e. The molecule has 4 nitrogen and oxygen atoms in total. The number of benzene rings is 1. The SMILES string of the molecule is NC(=O)N1CC(Oc2ccc(C(F)(F)F)cc2Cl)C1. The molecule has 0 bridgehead atoms. The van der Waals surface area contributed by atoms with E-state index in [2.05, 4.69) is 0 Å². The van der Waals surface area contributed by atoms with Gasteiger partial charge in [-0.1, -0.05) is 11.6 Å². The van der Waals surface area contributed by atoms with Crippen molar-refractivity contribution in [3.05, 3.63) is 28.8 Å². The Kier molecular flexibility index (Phi) is 3.49. The van der Waals surface area contributed by atoms with Gasteiger partial charge in [0.1, 0.15) is 11.9 Å². The molecule has 1 aliphatic rings. The van der Waals surface area contributed by atoms with E-state index in [-0.39, 0.29) is 16.9 Å². The number of carbonyl (C=O) groups is 1. The van der Waals surface area contributed by atoms with Gasteiger partial charge in [-0.2, -0.15) is 13.2 Å². The Morgan fingerprint density at radius 3 is 2.53 bits per heavy atom. The molecule has 0 atom stereocenters. The molecule has 0 aromatic heterocycles. The molecule has 1 aromatic rings. The number of likely N-dealkylation sites (tertiary alicyclic amines) is 1. The molecule has 2 N–H and O–H groups in total. The topological polar surface area (TPSA) is 55.6 Å². The molecule has 1 fully saturated rings. The highest BCUT2D eigenvalue weighted by molar-refractivity contribution is 6.32. The second-order valence-electron chi connectivity index (χ2n) is 4.13. The normalized spacial score (nSPS) is 16.1. The zero-order chi connectivity index (χ0) is 14.2. The van der Waals surface area contributed by atoms with E-state index in [1.54, 1.807) is 0 Å². The Hall–Kier alpha value is -1.63. The summed E-state index contributed by atoms with van der Waals surface area (Å²) >= 11 is 5.73. The zero-order valence-electron chi connectivity index (χ0n) is 9.58. The van der Waals surface area contributed by atoms with E-state index < -0.39 is 17.8 Å². The minimum atomic E-state index is -4.44. The molecule has 1 aromatic carbocycles. The van der Waals surface area contributed by atoms with Crippen LogP contribution in [0.15, 0.2) is 18.2 Å². The van der Waals surface area contributed by atoms with Crippen molar-refractivity contribution in [2.75, 3.05) is 13.1 Å². The summed E-state index contributed by atoms with van der Waals surface area (Å²) in [6, 6.07) is 2.31. The first-order chi connectivity index (χ1) is 8.77. The van der Waals surface area contributed by atoms with Crippen molar-refractivity contribution in [2.45, 2.75) is 12.3 Å². The highest BCUT2D eigenvalue weighted by Gasteiger charge is 2.33. The summed E-state index contributed by atoms with van der Waals surface area (Å²) in [6.45, 7) is 0.597. The molecule has 0 radical (unpaired) electrons. The lowest BCUT2D eigenvalue weighted by Gasteiger charge is -2.37. The number of urea groups is 1. The van der Waals surface area contributed by atoms with Crippen molar-refractivity contribution in [3.8, 4) is 5.75 Å². The number of amides is 2. The molecule has 0 aliphatic carbocycles. The second kappa shape index (κ2) is 4.80. The summed E-state index contributed by atoms with van der Waals surface area (Å²) in [7, 11) is 0. The number of nitrogens with two attached hydrogens (primary N) is 1. The fourth-order valence-corrected chi connectivity index (χ4v) is 1.87. The molecular weight excluding hydrogens is 285 g/mol. The lowest BCUT2D eigenvalue weighted by molar-refractivity contribution is -0.137. The molecule has 8 heteroatoms. The van der Waals surface area contributed by atoms with Gasteiger partial charge in [0.2, 0.25) is 0 Å². The predicted molar refractivity (Wildman–Crippen MR) is 62.0 cm³/mol. The maximum atomic E-state index is 12.4. The summed E-state index contributed by atoms with van der Waals surface area (Å²) in [5.74, 6) is 0.156. The van der Waals surface area contributed by atoms with Gasteiger partial charge < -0.3 is 15.4 Å². The van der Waals surface area contributed by atoms with Crippen molar-refractivity contribution < 1.29 is 22.7 Å². The van der Waals surface area contributed by atoms with Crippen LogP contribution in [0.25, 0.3) is 0 Å². The van der Waals surface area contributed by atoms with Gasteiger partial charge in [-0.15, -0.1) is 0 Å². The van der Waals surface area contributed by atoms with Gasteiger partial charge in [-0.3, -0.25) is 0 Å². The minimum Gasteiger partial charge on any atom is -0.485 e. The van der Waals surface area contributed by atoms with Gasteiger partial charge in [0, 0.05) is 0 Å². The first-order valence-electron chi connectivity index (χ1n) is 5.35. The van der Waals surface area contributed by atoms with Crippen LogP contribution < -0.4 is 10.5 Å². The highest BCUT2D eigenvalue weighted by atomic mass is 35.5. The number of carbonyl (C=O) groups excluding carboxylic acids is 1. The standard InChI is InChI=1S/C11H10ClF3N2O2/c12-8-3-6(11(13,14)15)1-2-9(8)19-7-4-17(5-7)10(16)18/h1-3,7H,4-5H2,(H2,16,18). The Labute approximate surface area is 111 Å². The zero-order valence-corrected chi connectivity index (χ0v) is 10.3. The van der Waals surface area contributed by atoms with Crippen LogP contribution in [0.1, 0.15) is 5.56 Å². The highest BCUT2D eigenvalue weighted by Crippen LogP contribution is 2.35. The third kappa shape index (κ3) is 3.04. The van der Waals surface area contributed by atoms with Crippen LogP contribution >= 0.6 is 11.6 Å². The van der Waals surface area contributed by atoms with E-state index in [0.717, 1.165) is 18.2 Å². The van der Waals surface area contributed by atoms with Crippen LogP contribution in [-0.2, 0) is 6.18 Å². The second-order valence-corrected chi connectivity index (χ2v) is 4.53. The van der Waals surface area contributed by atoms with E-state index in [1.807, 2.05) is 0 Å². The lowest BCUT2D eigenvalue weighted by atomic mass is 10.1. The van der Waals surface area contributed by atoms with E-state index >= 15 is 0 Å². The third-order valence-electron chi connectivity index (χ3n) is 2.71. The van der Waals surface area contributed by atoms with Crippen LogP contribution in [0.3, 0.4) is 0 Å². The van der Waals surface area contributed by atoms with Crippen molar-refractivity contribution in [1.29, 1.82) is 0 Å². The van der Waals surface area contributed by atoms with Gasteiger partial charge in [0.15, 0.2) is 0 Å². The number of alkyl halides is 3. The van der Waals surface area contributed by atoms with Gasteiger partial charge in [0.25, 0.3) is 0 Å². The number of nitrogens with zero attached hydrogens (tertiary/aromatic N) is 1. The van der Waals surface area contributed by atoms with E-state index in [9.17, 15) is 18.0 Å². The summed E-state index contributed by atoms with van der Waals surface area (Å²) in [4.78, 5) is 12.1. The molecule has 0 spiro atoms. The summed E-state index contributed by atoms with van der Waals surface area (Å²) < 4.78 is 42.6. The van der Waals surface area contributed by atoms with Gasteiger partial charge in [-0.05, 0) is 18.2 Å². The quantitative estimate of drug-likeness (QED) is 0.911. The van der Waals surface area contributed by atoms with Crippen molar-refractivity contribution in [2.24, 2.45) is 5.73 Å². The average molecular weight is 295 g/mol. The first kappa shape index (κ1) is 13.8. The Bertz CT molecular complexity index is 501. The van der Waals surface area contributed by atoms with Crippen LogP contribution in [0.2, 0.25) is 5.02 Å². The monoisotopic (exact) mass is 294 g/mol. The van der Waals surface area contributed by atoms with E-state index in [0.29, 0.717) is 13.1 Å². The van der Waals surface area contributed by atoms with Crippen LogP contribution in [0.4, 0.5) is 18.0 Å². The molecule has 2 rings (SSSR count). The van der Waals surface area contributed by atoms with Crippen LogP contribution in [-0.4, -0.2) is 30.1 Å². The summed E-state index contributed by atoms with van der Waals surface area (Å²) in [5, 5.41) is -0.118. The van der Waals surface area contributed by atoms with Crippen LogP contribution in [0, 0.1) is 0 Å². The molecule has 2 amide bonds. The smallest absolute Gasteiger partial charge is 0.416 e. The molecule has 104 valence electrons. The average Bonchev–Trinajstić information content (AvgIpc) is 2.22. The Morgan fingerprint density at radius 2 is 2.05 bits per heavy atom. The van der Waals surface area contributed by atoms with Crippen LogP contribution in [0.5, 0.6) is 5.75 Å². The molecule has 1 saturated heterocycles.